The molecule has 1 heterocycles. The highest BCUT2D eigenvalue weighted by Crippen LogP contribution is 2.42. The number of rotatable bonds is 2. The van der Waals surface area contributed by atoms with Crippen molar-refractivity contribution in [2.75, 3.05) is 18.6 Å². The van der Waals surface area contributed by atoms with E-state index < -0.39 is 18.0 Å². The Bertz CT molecular complexity index is 542. The van der Waals surface area contributed by atoms with Crippen LogP contribution in [0.25, 0.3) is 0 Å². The smallest absolute Gasteiger partial charge is 0.463 e. The summed E-state index contributed by atoms with van der Waals surface area (Å²) in [7, 11) is 1.26. The molecule has 0 bridgehead atoms. The summed E-state index contributed by atoms with van der Waals surface area (Å²) in [4.78, 5) is 12.2. The highest BCUT2D eigenvalue weighted by molar-refractivity contribution is 6.01. The lowest BCUT2D eigenvalue weighted by molar-refractivity contribution is -0.268. The number of aryl methyl sites for hydroxylation is 1. The second kappa shape index (κ2) is 5.16. The van der Waals surface area contributed by atoms with Gasteiger partial charge in [-0.25, -0.2) is 0 Å². The van der Waals surface area contributed by atoms with Gasteiger partial charge in [0.25, 0.3) is 0 Å². The molecule has 0 saturated heterocycles. The molecule has 8 heteroatoms. The van der Waals surface area contributed by atoms with Gasteiger partial charge in [0.15, 0.2) is 0 Å². The average Bonchev–Trinajstić information content (AvgIpc) is 2.43. The number of carbonyl (C=O) groups is 1. The number of fused-ring (bicyclic) bond motifs is 1. The van der Waals surface area contributed by atoms with Crippen molar-refractivity contribution >= 4 is 11.6 Å². The molecule has 116 valence electrons. The number of anilines is 1. The Morgan fingerprint density at radius 1 is 1.24 bits per heavy atom. The summed E-state index contributed by atoms with van der Waals surface area (Å²) in [5, 5.41) is 0. The van der Waals surface area contributed by atoms with E-state index in [1.165, 1.54) is 13.2 Å². The SMILES string of the molecule is COc1cccc2c1N(C(=O)C(F)(F)C(F)(F)F)CCC2. The third kappa shape index (κ3) is 2.54. The molecule has 3 nitrogen and oxygen atoms in total. The van der Waals surface area contributed by atoms with E-state index in [4.69, 9.17) is 4.74 Å². The van der Waals surface area contributed by atoms with Gasteiger partial charge >= 0.3 is 18.0 Å². The standard InChI is InChI=1S/C13H12F5NO2/c1-21-9-6-2-4-8-5-3-7-19(10(8)9)11(20)12(14,15)13(16,17)18/h2,4,6H,3,5,7H2,1H3. The van der Waals surface area contributed by atoms with Crippen LogP contribution in [0, 0.1) is 0 Å². The minimum Gasteiger partial charge on any atom is -0.495 e. The molecule has 0 aromatic heterocycles. The van der Waals surface area contributed by atoms with Crippen LogP contribution in [-0.2, 0) is 11.2 Å². The average molecular weight is 309 g/mol. The molecule has 0 N–H and O–H groups in total. The second-order valence-corrected chi connectivity index (χ2v) is 4.60. The molecule has 0 unspecified atom stereocenters. The summed E-state index contributed by atoms with van der Waals surface area (Å²) >= 11 is 0. The molecule has 1 aromatic rings. The summed E-state index contributed by atoms with van der Waals surface area (Å²) in [5.74, 6) is -7.61. The topological polar surface area (TPSA) is 29.5 Å². The minimum atomic E-state index is -5.93. The predicted molar refractivity (Wildman–Crippen MR) is 64.7 cm³/mol. The van der Waals surface area contributed by atoms with Crippen molar-refractivity contribution in [1.82, 2.24) is 0 Å². The van der Waals surface area contributed by atoms with Crippen LogP contribution in [0.1, 0.15) is 12.0 Å². The summed E-state index contributed by atoms with van der Waals surface area (Å²) in [6, 6.07) is 4.58. The van der Waals surface area contributed by atoms with Gasteiger partial charge in [0.05, 0.1) is 12.8 Å². The van der Waals surface area contributed by atoms with Gasteiger partial charge in [0.2, 0.25) is 0 Å². The van der Waals surface area contributed by atoms with Crippen molar-refractivity contribution in [1.29, 1.82) is 0 Å². The van der Waals surface area contributed by atoms with E-state index in [0.29, 0.717) is 23.3 Å². The van der Waals surface area contributed by atoms with Crippen LogP contribution >= 0.6 is 0 Å². The van der Waals surface area contributed by atoms with Crippen molar-refractivity contribution in [3.8, 4) is 5.75 Å². The van der Waals surface area contributed by atoms with Crippen LogP contribution in [0.15, 0.2) is 18.2 Å². The third-order valence-electron chi connectivity index (χ3n) is 3.27. The number of hydrogen-bond acceptors (Lipinski definition) is 2. The Kier molecular flexibility index (Phi) is 3.81. The number of carbonyl (C=O) groups excluding carboxylic acids is 1. The molecule has 0 radical (unpaired) electrons. The Morgan fingerprint density at radius 3 is 2.48 bits per heavy atom. The molecule has 21 heavy (non-hydrogen) atoms. The van der Waals surface area contributed by atoms with Gasteiger partial charge in [0, 0.05) is 6.54 Å². The number of halogens is 5. The molecule has 0 saturated carbocycles. The molecule has 2 rings (SSSR count). The van der Waals surface area contributed by atoms with Crippen LogP contribution in [0.2, 0.25) is 0 Å². The van der Waals surface area contributed by atoms with E-state index >= 15 is 0 Å². The van der Waals surface area contributed by atoms with E-state index in [1.807, 2.05) is 0 Å². The van der Waals surface area contributed by atoms with Crippen LogP contribution in [0.4, 0.5) is 27.6 Å². The van der Waals surface area contributed by atoms with Crippen LogP contribution < -0.4 is 9.64 Å². The number of benzene rings is 1. The molecule has 1 aliphatic rings. The largest absolute Gasteiger partial charge is 0.495 e. The van der Waals surface area contributed by atoms with Crippen LogP contribution in [-0.4, -0.2) is 31.7 Å². The van der Waals surface area contributed by atoms with Gasteiger partial charge in [-0.15, -0.1) is 0 Å². The lowest BCUT2D eigenvalue weighted by Crippen LogP contribution is -2.53. The van der Waals surface area contributed by atoms with Gasteiger partial charge in [-0.05, 0) is 24.5 Å². The fourth-order valence-corrected chi connectivity index (χ4v) is 2.27. The highest BCUT2D eigenvalue weighted by Gasteiger charge is 2.65. The molecular formula is C13H12F5NO2. The predicted octanol–water partition coefficient (Wildman–Crippen LogP) is 3.17. The maximum absolute atomic E-state index is 13.3. The number of nitrogens with zero attached hydrogens (tertiary/aromatic N) is 1. The lowest BCUT2D eigenvalue weighted by atomic mass is 10.00. The van der Waals surface area contributed by atoms with Crippen molar-refractivity contribution in [3.05, 3.63) is 23.8 Å². The van der Waals surface area contributed by atoms with E-state index in [2.05, 4.69) is 0 Å². The van der Waals surface area contributed by atoms with Gasteiger partial charge in [0.1, 0.15) is 5.75 Å². The zero-order valence-electron chi connectivity index (χ0n) is 11.0. The van der Waals surface area contributed by atoms with Crippen molar-refractivity contribution in [3.63, 3.8) is 0 Å². The number of alkyl halides is 5. The summed E-state index contributed by atoms with van der Waals surface area (Å²) < 4.78 is 68.6. The normalized spacial score (nSPS) is 15.6. The molecule has 0 aliphatic carbocycles. The van der Waals surface area contributed by atoms with Gasteiger partial charge in [-0.3, -0.25) is 4.79 Å². The fraction of sp³-hybridized carbons (Fsp3) is 0.462. The highest BCUT2D eigenvalue weighted by atomic mass is 19.4. The van der Waals surface area contributed by atoms with E-state index in [0.717, 1.165) is 0 Å². The van der Waals surface area contributed by atoms with Gasteiger partial charge in [-0.2, -0.15) is 22.0 Å². The molecule has 1 amide bonds. The maximum atomic E-state index is 13.3. The zero-order chi connectivity index (χ0) is 15.8. The Morgan fingerprint density at radius 2 is 1.90 bits per heavy atom. The molecule has 1 aliphatic heterocycles. The second-order valence-electron chi connectivity index (χ2n) is 4.60. The Balaban J connectivity index is 2.47. The molecular weight excluding hydrogens is 297 g/mol. The first kappa shape index (κ1) is 15.5. The lowest BCUT2D eigenvalue weighted by Gasteiger charge is -2.33. The minimum absolute atomic E-state index is 0.0137. The first-order valence-corrected chi connectivity index (χ1v) is 6.12. The van der Waals surface area contributed by atoms with E-state index in [-0.39, 0.29) is 18.0 Å². The van der Waals surface area contributed by atoms with E-state index in [9.17, 15) is 26.7 Å². The monoisotopic (exact) mass is 309 g/mol. The number of amides is 1. The number of ether oxygens (including phenoxy) is 1. The summed E-state index contributed by atoms with van der Waals surface area (Å²) in [6.07, 6.45) is -5.14. The molecule has 0 atom stereocenters. The first-order chi connectivity index (χ1) is 9.70. The quantitative estimate of drug-likeness (QED) is 0.785. The van der Waals surface area contributed by atoms with Crippen LogP contribution in [0.3, 0.4) is 0 Å². The molecule has 1 aromatic carbocycles. The van der Waals surface area contributed by atoms with Crippen molar-refractivity contribution in [2.24, 2.45) is 0 Å². The van der Waals surface area contributed by atoms with Crippen molar-refractivity contribution in [2.45, 2.75) is 24.9 Å². The Hall–Kier alpha value is -1.86. The summed E-state index contributed by atoms with van der Waals surface area (Å²) in [6.45, 7) is -0.210. The maximum Gasteiger partial charge on any atom is 0.463 e. The fourth-order valence-electron chi connectivity index (χ4n) is 2.27. The third-order valence-corrected chi connectivity index (χ3v) is 3.27. The number of methoxy groups -OCH3 is 1. The first-order valence-electron chi connectivity index (χ1n) is 6.12. The zero-order valence-corrected chi connectivity index (χ0v) is 11.0. The van der Waals surface area contributed by atoms with E-state index in [1.54, 1.807) is 12.1 Å². The van der Waals surface area contributed by atoms with Crippen molar-refractivity contribution < 1.29 is 31.5 Å². The number of hydrogen-bond donors (Lipinski definition) is 0. The Labute approximate surface area is 117 Å². The van der Waals surface area contributed by atoms with Gasteiger partial charge in [-0.1, -0.05) is 12.1 Å². The molecule has 0 fully saturated rings. The molecule has 0 spiro atoms. The van der Waals surface area contributed by atoms with Crippen LogP contribution in [0.5, 0.6) is 5.75 Å². The summed E-state index contributed by atoms with van der Waals surface area (Å²) in [5.41, 5.74) is 0.493. The number of para-hydroxylation sites is 1. The van der Waals surface area contributed by atoms with Gasteiger partial charge < -0.3 is 9.64 Å².